The molecule has 2 N–H and O–H groups in total. The van der Waals surface area contributed by atoms with E-state index in [1.165, 1.54) is 0 Å². The van der Waals surface area contributed by atoms with Crippen molar-refractivity contribution < 1.29 is 4.74 Å². The van der Waals surface area contributed by atoms with Gasteiger partial charge in [-0.15, -0.1) is 0 Å². The highest BCUT2D eigenvalue weighted by molar-refractivity contribution is 5.67. The number of nitrogens with two attached hydrogens (primary N) is 1. The van der Waals surface area contributed by atoms with Crippen LogP contribution in [0.5, 0.6) is 5.75 Å². The number of hydrogen-bond acceptors (Lipinski definition) is 3. The van der Waals surface area contributed by atoms with Gasteiger partial charge in [0.1, 0.15) is 5.75 Å². The summed E-state index contributed by atoms with van der Waals surface area (Å²) in [7, 11) is 1.64. The lowest BCUT2D eigenvalue weighted by atomic mass is 10.1. The Morgan fingerprint density at radius 3 is 2.57 bits per heavy atom. The van der Waals surface area contributed by atoms with Crippen LogP contribution in [-0.4, -0.2) is 11.7 Å². The van der Waals surface area contributed by atoms with Crippen molar-refractivity contribution >= 4 is 0 Å². The second-order valence-electron chi connectivity index (χ2n) is 5.08. The zero-order chi connectivity index (χ0) is 15.4. The van der Waals surface area contributed by atoms with E-state index >= 15 is 0 Å². The van der Waals surface area contributed by atoms with Gasteiger partial charge in [-0.25, -0.2) is 0 Å². The number of para-hydroxylation sites is 1. The van der Waals surface area contributed by atoms with E-state index in [-0.39, 0.29) is 18.1 Å². The zero-order valence-electron chi connectivity index (χ0n) is 12.8. The number of aromatic nitrogens is 1. The Labute approximate surface area is 125 Å². The molecule has 0 amide bonds. The van der Waals surface area contributed by atoms with Crippen molar-refractivity contribution in [2.45, 2.75) is 32.9 Å². The van der Waals surface area contributed by atoms with Crippen molar-refractivity contribution in [3.63, 3.8) is 0 Å². The van der Waals surface area contributed by atoms with Crippen LogP contribution >= 0.6 is 0 Å². The van der Waals surface area contributed by atoms with Crippen molar-refractivity contribution in [3.8, 4) is 17.0 Å². The highest BCUT2D eigenvalue weighted by Crippen LogP contribution is 2.30. The standard InChI is InChI=1S/C17H22N2O2/c1-4-12(2)19-15(10-9-13(11-18)17(19)20)14-7-5-6-8-16(14)21-3/h5-10,12H,4,11,18H2,1-3H3. The number of ether oxygens (including phenoxy) is 1. The Hall–Kier alpha value is -2.07. The SMILES string of the molecule is CCC(C)n1c(-c2ccccc2OC)ccc(CN)c1=O. The third-order valence-corrected chi connectivity index (χ3v) is 3.83. The van der Waals surface area contributed by atoms with Crippen molar-refractivity contribution in [1.82, 2.24) is 4.57 Å². The van der Waals surface area contributed by atoms with Gasteiger partial charge >= 0.3 is 0 Å². The second-order valence-corrected chi connectivity index (χ2v) is 5.08. The lowest BCUT2D eigenvalue weighted by molar-refractivity contribution is 0.415. The first kappa shape index (κ1) is 15.3. The molecule has 0 saturated heterocycles. The minimum atomic E-state index is -0.0183. The summed E-state index contributed by atoms with van der Waals surface area (Å²) in [4.78, 5) is 12.6. The number of pyridine rings is 1. The smallest absolute Gasteiger partial charge is 0.255 e. The van der Waals surface area contributed by atoms with Crippen LogP contribution in [0.2, 0.25) is 0 Å². The van der Waals surface area contributed by atoms with Gasteiger partial charge in [-0.05, 0) is 31.5 Å². The van der Waals surface area contributed by atoms with E-state index in [9.17, 15) is 4.79 Å². The molecule has 2 aromatic rings. The topological polar surface area (TPSA) is 57.2 Å². The van der Waals surface area contributed by atoms with E-state index in [0.29, 0.717) is 5.56 Å². The lowest BCUT2D eigenvalue weighted by Crippen LogP contribution is -2.28. The Morgan fingerprint density at radius 2 is 1.95 bits per heavy atom. The molecule has 1 aromatic heterocycles. The van der Waals surface area contributed by atoms with Crippen molar-refractivity contribution in [2.24, 2.45) is 5.73 Å². The molecule has 2 rings (SSSR count). The summed E-state index contributed by atoms with van der Waals surface area (Å²) in [5.74, 6) is 0.759. The molecule has 1 aromatic carbocycles. The Morgan fingerprint density at radius 1 is 1.24 bits per heavy atom. The van der Waals surface area contributed by atoms with E-state index in [2.05, 4.69) is 6.92 Å². The molecule has 0 radical (unpaired) electrons. The van der Waals surface area contributed by atoms with E-state index in [1.54, 1.807) is 7.11 Å². The number of nitrogens with zero attached hydrogens (tertiary/aromatic N) is 1. The van der Waals surface area contributed by atoms with Gasteiger partial charge < -0.3 is 15.0 Å². The van der Waals surface area contributed by atoms with Gasteiger partial charge in [0, 0.05) is 23.7 Å². The highest BCUT2D eigenvalue weighted by Gasteiger charge is 2.16. The average Bonchev–Trinajstić information content (AvgIpc) is 2.53. The van der Waals surface area contributed by atoms with Crippen LogP contribution in [0.4, 0.5) is 0 Å². The lowest BCUT2D eigenvalue weighted by Gasteiger charge is -2.21. The third kappa shape index (κ3) is 2.85. The van der Waals surface area contributed by atoms with Crippen LogP contribution in [0.25, 0.3) is 11.3 Å². The summed E-state index contributed by atoms with van der Waals surface area (Å²) < 4.78 is 7.24. The van der Waals surface area contributed by atoms with Crippen molar-refractivity contribution in [2.75, 3.05) is 7.11 Å². The Bertz CT molecular complexity index is 677. The monoisotopic (exact) mass is 286 g/mol. The first-order valence-corrected chi connectivity index (χ1v) is 7.21. The molecule has 0 saturated carbocycles. The third-order valence-electron chi connectivity index (χ3n) is 3.83. The van der Waals surface area contributed by atoms with Crippen LogP contribution in [0.1, 0.15) is 31.9 Å². The van der Waals surface area contributed by atoms with Gasteiger partial charge in [-0.3, -0.25) is 4.79 Å². The van der Waals surface area contributed by atoms with E-state index < -0.39 is 0 Å². The summed E-state index contributed by atoms with van der Waals surface area (Å²) >= 11 is 0. The van der Waals surface area contributed by atoms with Crippen molar-refractivity contribution in [3.05, 3.63) is 52.3 Å². The second kappa shape index (κ2) is 6.59. The number of methoxy groups -OCH3 is 1. The summed E-state index contributed by atoms with van der Waals surface area (Å²) in [6, 6.07) is 11.6. The molecule has 4 heteroatoms. The number of rotatable bonds is 5. The summed E-state index contributed by atoms with van der Waals surface area (Å²) in [6.07, 6.45) is 0.871. The molecule has 4 nitrogen and oxygen atoms in total. The summed E-state index contributed by atoms with van der Waals surface area (Å²) in [5.41, 5.74) is 8.07. The molecule has 21 heavy (non-hydrogen) atoms. The predicted molar refractivity (Wildman–Crippen MR) is 85.6 cm³/mol. The largest absolute Gasteiger partial charge is 0.496 e. The van der Waals surface area contributed by atoms with Crippen LogP contribution in [-0.2, 0) is 6.54 Å². The number of benzene rings is 1. The maximum absolute atomic E-state index is 12.6. The fourth-order valence-electron chi connectivity index (χ4n) is 2.45. The Kier molecular flexibility index (Phi) is 4.81. The van der Waals surface area contributed by atoms with Gasteiger partial charge in [-0.1, -0.05) is 25.1 Å². The fraction of sp³-hybridized carbons (Fsp3) is 0.353. The van der Waals surface area contributed by atoms with Gasteiger partial charge in [-0.2, -0.15) is 0 Å². The van der Waals surface area contributed by atoms with Gasteiger partial charge in [0.15, 0.2) is 0 Å². The molecule has 1 heterocycles. The molecule has 0 bridgehead atoms. The van der Waals surface area contributed by atoms with Crippen LogP contribution in [0, 0.1) is 0 Å². The van der Waals surface area contributed by atoms with Gasteiger partial charge in [0.05, 0.1) is 12.8 Å². The number of hydrogen-bond donors (Lipinski definition) is 1. The first-order valence-electron chi connectivity index (χ1n) is 7.21. The quantitative estimate of drug-likeness (QED) is 0.919. The average molecular weight is 286 g/mol. The van der Waals surface area contributed by atoms with Gasteiger partial charge in [0.25, 0.3) is 5.56 Å². The molecule has 112 valence electrons. The molecule has 0 spiro atoms. The minimum Gasteiger partial charge on any atom is -0.496 e. The predicted octanol–water partition coefficient (Wildman–Crippen LogP) is 2.95. The van der Waals surface area contributed by atoms with Gasteiger partial charge in [0.2, 0.25) is 0 Å². The molecule has 0 aliphatic rings. The van der Waals surface area contributed by atoms with E-state index in [0.717, 1.165) is 23.4 Å². The fourth-order valence-corrected chi connectivity index (χ4v) is 2.45. The summed E-state index contributed by atoms with van der Waals surface area (Å²) in [5, 5.41) is 0. The van der Waals surface area contributed by atoms with Crippen LogP contribution < -0.4 is 16.0 Å². The normalized spacial score (nSPS) is 12.2. The van der Waals surface area contributed by atoms with Crippen LogP contribution in [0.3, 0.4) is 0 Å². The molecular weight excluding hydrogens is 264 g/mol. The van der Waals surface area contributed by atoms with Crippen molar-refractivity contribution in [1.29, 1.82) is 0 Å². The molecule has 0 aliphatic heterocycles. The molecule has 1 unspecified atom stereocenters. The maximum atomic E-state index is 12.6. The highest BCUT2D eigenvalue weighted by atomic mass is 16.5. The van der Waals surface area contributed by atoms with Crippen LogP contribution in [0.15, 0.2) is 41.2 Å². The molecular formula is C17H22N2O2. The molecule has 1 atom stereocenters. The Balaban J connectivity index is 2.74. The maximum Gasteiger partial charge on any atom is 0.255 e. The first-order chi connectivity index (χ1) is 10.1. The minimum absolute atomic E-state index is 0.0183. The zero-order valence-corrected chi connectivity index (χ0v) is 12.8. The molecule has 0 aliphatic carbocycles. The van der Waals surface area contributed by atoms with E-state index in [4.69, 9.17) is 10.5 Å². The summed E-state index contributed by atoms with van der Waals surface area (Å²) in [6.45, 7) is 4.36. The van der Waals surface area contributed by atoms with E-state index in [1.807, 2.05) is 47.9 Å². The molecule has 0 fully saturated rings.